The molecule has 0 aliphatic rings. The SMILES string of the molecule is O=C(Cc1cc(C(F)(F)F)cc(C(F)(F)F)c1)N[C@@H](Cc1ccc(Cl)cc1)C(=O)O. The lowest BCUT2D eigenvalue weighted by molar-refractivity contribution is -0.143. The van der Waals surface area contributed by atoms with Gasteiger partial charge in [0.2, 0.25) is 5.91 Å². The average molecular weight is 454 g/mol. The van der Waals surface area contributed by atoms with Gasteiger partial charge in [0.25, 0.3) is 0 Å². The highest BCUT2D eigenvalue weighted by Gasteiger charge is 2.37. The molecule has 30 heavy (non-hydrogen) atoms. The van der Waals surface area contributed by atoms with Crippen molar-refractivity contribution in [2.24, 2.45) is 0 Å². The van der Waals surface area contributed by atoms with E-state index in [1.807, 2.05) is 0 Å². The summed E-state index contributed by atoms with van der Waals surface area (Å²) >= 11 is 5.73. The molecular formula is C19H14ClF6NO3. The number of carbonyl (C=O) groups excluding carboxylic acids is 1. The first-order valence-corrected chi connectivity index (χ1v) is 8.68. The standard InChI is InChI=1S/C19H14ClF6NO3/c20-14-3-1-10(2-4-14)7-15(17(29)30)27-16(28)8-11-5-12(18(21,22)23)9-13(6-11)19(24,25)26/h1-6,9,15H,7-8H2,(H,27,28)(H,29,30)/t15-/m0/s1. The van der Waals surface area contributed by atoms with Gasteiger partial charge in [0.15, 0.2) is 0 Å². The third-order valence-corrected chi connectivity index (χ3v) is 4.25. The van der Waals surface area contributed by atoms with E-state index in [0.717, 1.165) is 0 Å². The fourth-order valence-corrected chi connectivity index (χ4v) is 2.73. The maximum atomic E-state index is 12.9. The van der Waals surface area contributed by atoms with Crippen LogP contribution in [0.25, 0.3) is 0 Å². The lowest BCUT2D eigenvalue weighted by Gasteiger charge is -2.16. The molecule has 0 saturated carbocycles. The molecule has 0 unspecified atom stereocenters. The van der Waals surface area contributed by atoms with Crippen molar-refractivity contribution in [1.29, 1.82) is 0 Å². The zero-order valence-electron chi connectivity index (χ0n) is 14.9. The van der Waals surface area contributed by atoms with E-state index >= 15 is 0 Å². The van der Waals surface area contributed by atoms with E-state index < -0.39 is 53.4 Å². The van der Waals surface area contributed by atoms with Crippen LogP contribution in [0.4, 0.5) is 26.3 Å². The molecule has 1 atom stereocenters. The minimum atomic E-state index is -5.05. The molecule has 0 heterocycles. The molecule has 11 heteroatoms. The molecule has 2 aromatic rings. The van der Waals surface area contributed by atoms with Crippen molar-refractivity contribution in [3.05, 3.63) is 69.7 Å². The van der Waals surface area contributed by atoms with Crippen LogP contribution in [0.1, 0.15) is 22.3 Å². The first-order valence-electron chi connectivity index (χ1n) is 8.30. The third kappa shape index (κ3) is 6.65. The lowest BCUT2D eigenvalue weighted by Crippen LogP contribution is -2.43. The molecule has 0 spiro atoms. The molecule has 2 rings (SSSR count). The molecule has 0 bridgehead atoms. The highest BCUT2D eigenvalue weighted by atomic mass is 35.5. The van der Waals surface area contributed by atoms with E-state index in [-0.39, 0.29) is 12.5 Å². The van der Waals surface area contributed by atoms with Gasteiger partial charge in [0.1, 0.15) is 6.04 Å². The Morgan fingerprint density at radius 1 is 0.900 bits per heavy atom. The highest BCUT2D eigenvalue weighted by Crippen LogP contribution is 2.36. The molecule has 0 radical (unpaired) electrons. The van der Waals surface area contributed by atoms with Crippen molar-refractivity contribution in [3.63, 3.8) is 0 Å². The van der Waals surface area contributed by atoms with Crippen molar-refractivity contribution in [2.45, 2.75) is 31.2 Å². The van der Waals surface area contributed by atoms with Crippen LogP contribution in [0.15, 0.2) is 42.5 Å². The second kappa shape index (κ2) is 8.95. The topological polar surface area (TPSA) is 66.4 Å². The van der Waals surface area contributed by atoms with Gasteiger partial charge in [0, 0.05) is 11.4 Å². The van der Waals surface area contributed by atoms with Gasteiger partial charge in [-0.25, -0.2) is 4.79 Å². The number of hydrogen-bond acceptors (Lipinski definition) is 2. The molecule has 4 nitrogen and oxygen atoms in total. The molecule has 0 fully saturated rings. The first-order chi connectivity index (χ1) is 13.8. The number of carboxylic acid groups (broad SMARTS) is 1. The normalized spacial score (nSPS) is 13.0. The van der Waals surface area contributed by atoms with Crippen LogP contribution < -0.4 is 5.32 Å². The van der Waals surface area contributed by atoms with Gasteiger partial charge >= 0.3 is 18.3 Å². The summed E-state index contributed by atoms with van der Waals surface area (Å²) in [5.74, 6) is -2.46. The summed E-state index contributed by atoms with van der Waals surface area (Å²) in [6.45, 7) is 0. The van der Waals surface area contributed by atoms with E-state index in [1.54, 1.807) is 0 Å². The number of halogens is 7. The Bertz CT molecular complexity index is 893. The predicted octanol–water partition coefficient (Wildman–Crippen LogP) is 4.73. The number of nitrogens with one attached hydrogen (secondary N) is 1. The van der Waals surface area contributed by atoms with Gasteiger partial charge < -0.3 is 10.4 Å². The van der Waals surface area contributed by atoms with Crippen LogP contribution in [0.2, 0.25) is 5.02 Å². The Balaban J connectivity index is 2.20. The van der Waals surface area contributed by atoms with Crippen molar-refractivity contribution in [1.82, 2.24) is 5.32 Å². The summed E-state index contributed by atoms with van der Waals surface area (Å²) < 4.78 is 77.4. The summed E-state index contributed by atoms with van der Waals surface area (Å²) in [4.78, 5) is 23.5. The average Bonchev–Trinajstić information content (AvgIpc) is 2.61. The summed E-state index contributed by atoms with van der Waals surface area (Å²) in [5, 5.41) is 11.8. The fraction of sp³-hybridized carbons (Fsp3) is 0.263. The summed E-state index contributed by atoms with van der Waals surface area (Å²) in [7, 11) is 0. The molecule has 0 saturated heterocycles. The Morgan fingerprint density at radius 3 is 1.83 bits per heavy atom. The van der Waals surface area contributed by atoms with E-state index in [1.165, 1.54) is 24.3 Å². The number of aliphatic carboxylic acids is 1. The Morgan fingerprint density at radius 2 is 1.40 bits per heavy atom. The zero-order chi connectivity index (χ0) is 22.7. The monoisotopic (exact) mass is 453 g/mol. The molecular weight excluding hydrogens is 440 g/mol. The maximum absolute atomic E-state index is 12.9. The van der Waals surface area contributed by atoms with Crippen LogP contribution in [0.3, 0.4) is 0 Å². The van der Waals surface area contributed by atoms with Gasteiger partial charge in [-0.3, -0.25) is 4.79 Å². The quantitative estimate of drug-likeness (QED) is 0.621. The van der Waals surface area contributed by atoms with Crippen molar-refractivity contribution in [2.75, 3.05) is 0 Å². The second-order valence-corrected chi connectivity index (χ2v) is 6.82. The zero-order valence-corrected chi connectivity index (χ0v) is 15.7. The molecule has 1 amide bonds. The fourth-order valence-electron chi connectivity index (χ4n) is 2.61. The predicted molar refractivity (Wildman–Crippen MR) is 94.9 cm³/mol. The van der Waals surface area contributed by atoms with Crippen LogP contribution in [0.5, 0.6) is 0 Å². The number of benzene rings is 2. The number of amides is 1. The van der Waals surface area contributed by atoms with E-state index in [2.05, 4.69) is 5.32 Å². The summed E-state index contributed by atoms with van der Waals surface area (Å²) in [5.41, 5.74) is -3.16. The van der Waals surface area contributed by atoms with E-state index in [4.69, 9.17) is 11.6 Å². The van der Waals surface area contributed by atoms with E-state index in [0.29, 0.717) is 22.7 Å². The van der Waals surface area contributed by atoms with Crippen molar-refractivity contribution in [3.8, 4) is 0 Å². The van der Waals surface area contributed by atoms with Gasteiger partial charge in [0.05, 0.1) is 17.5 Å². The molecule has 2 N–H and O–H groups in total. The van der Waals surface area contributed by atoms with Crippen LogP contribution in [-0.2, 0) is 34.8 Å². The number of carbonyl (C=O) groups is 2. The van der Waals surface area contributed by atoms with Gasteiger partial charge in [-0.2, -0.15) is 26.3 Å². The van der Waals surface area contributed by atoms with Gasteiger partial charge in [-0.15, -0.1) is 0 Å². The minimum Gasteiger partial charge on any atom is -0.480 e. The number of alkyl halides is 6. The number of hydrogen-bond donors (Lipinski definition) is 2. The lowest BCUT2D eigenvalue weighted by atomic mass is 10.0. The molecule has 2 aromatic carbocycles. The largest absolute Gasteiger partial charge is 0.480 e. The third-order valence-electron chi connectivity index (χ3n) is 4.00. The molecule has 162 valence electrons. The van der Waals surface area contributed by atoms with E-state index in [9.17, 15) is 41.0 Å². The number of rotatable bonds is 6. The molecule has 0 aliphatic heterocycles. The Kier molecular flexibility index (Phi) is 7.02. The van der Waals surface area contributed by atoms with Crippen molar-refractivity contribution < 1.29 is 41.0 Å². The minimum absolute atomic E-state index is 0.0536. The van der Waals surface area contributed by atoms with Gasteiger partial charge in [-0.1, -0.05) is 23.7 Å². The van der Waals surface area contributed by atoms with Crippen LogP contribution in [0, 0.1) is 0 Å². The van der Waals surface area contributed by atoms with Gasteiger partial charge in [-0.05, 0) is 41.5 Å². The summed E-state index contributed by atoms with van der Waals surface area (Å²) in [6.07, 6.45) is -11.1. The maximum Gasteiger partial charge on any atom is 0.416 e. The van der Waals surface area contributed by atoms with Crippen molar-refractivity contribution >= 4 is 23.5 Å². The van der Waals surface area contributed by atoms with Crippen LogP contribution >= 0.6 is 11.6 Å². The Hall–Kier alpha value is -2.75. The molecule has 0 aromatic heterocycles. The first kappa shape index (κ1) is 23.5. The van der Waals surface area contributed by atoms with Crippen LogP contribution in [-0.4, -0.2) is 23.0 Å². The highest BCUT2D eigenvalue weighted by molar-refractivity contribution is 6.30. The second-order valence-electron chi connectivity index (χ2n) is 6.38. The number of carboxylic acids is 1. The smallest absolute Gasteiger partial charge is 0.416 e. The molecule has 0 aliphatic carbocycles. The Labute approximate surface area is 171 Å². The summed E-state index contributed by atoms with van der Waals surface area (Å²) in [6, 6.07) is 5.39.